The van der Waals surface area contributed by atoms with Crippen molar-refractivity contribution in [1.82, 2.24) is 19.7 Å². The molecule has 9 heteroatoms. The molecule has 33 heavy (non-hydrogen) atoms. The van der Waals surface area contributed by atoms with E-state index in [0.717, 1.165) is 63.4 Å². The lowest BCUT2D eigenvalue weighted by Crippen LogP contribution is -2.52. The number of carbonyl (C=O) groups excluding carboxylic acids is 2. The molecule has 4 rings (SSSR count). The molecule has 0 N–H and O–H groups in total. The third-order valence-electron chi connectivity index (χ3n) is 6.89. The molecule has 3 aliphatic rings. The van der Waals surface area contributed by atoms with E-state index in [1.807, 2.05) is 23.1 Å². The fraction of sp³-hybridized carbons (Fsp3) is 0.625. The lowest BCUT2D eigenvalue weighted by Gasteiger charge is -2.38. The van der Waals surface area contributed by atoms with Crippen molar-refractivity contribution in [3.63, 3.8) is 0 Å². The standard InChI is InChI=1S/C24H35N5O4/c1-26-12-14-28(15-13-26)24(31)17-27-10-8-19(9-11-27)29-23(30)7-5-20(25-29)18-4-6-21(32-2)22(16-18)33-3/h4,6,16,19H,5,7-15,17H2,1-3H3. The van der Waals surface area contributed by atoms with Gasteiger partial charge in [-0.15, -0.1) is 0 Å². The number of ether oxygens (including phenoxy) is 2. The van der Waals surface area contributed by atoms with Crippen LogP contribution in [0.2, 0.25) is 0 Å². The zero-order valence-corrected chi connectivity index (χ0v) is 20.0. The Kier molecular flexibility index (Phi) is 7.49. The minimum atomic E-state index is 0.0722. The Morgan fingerprint density at radius 1 is 1.00 bits per heavy atom. The summed E-state index contributed by atoms with van der Waals surface area (Å²) in [6.45, 7) is 5.55. The van der Waals surface area contributed by atoms with Crippen molar-refractivity contribution < 1.29 is 19.1 Å². The van der Waals surface area contributed by atoms with E-state index in [1.165, 1.54) is 0 Å². The molecule has 0 unspecified atom stereocenters. The molecule has 0 bridgehead atoms. The average molecular weight is 458 g/mol. The number of likely N-dealkylation sites (N-methyl/N-ethyl adjacent to an activating group) is 1. The van der Waals surface area contributed by atoms with Crippen LogP contribution < -0.4 is 9.47 Å². The normalized spacial score (nSPS) is 21.2. The molecule has 180 valence electrons. The molecule has 2 amide bonds. The van der Waals surface area contributed by atoms with Crippen molar-refractivity contribution in [1.29, 1.82) is 0 Å². The van der Waals surface area contributed by atoms with Crippen molar-refractivity contribution in [2.75, 3.05) is 67.1 Å². The first kappa shape index (κ1) is 23.5. The fourth-order valence-corrected chi connectivity index (χ4v) is 4.75. The van der Waals surface area contributed by atoms with Crippen LogP contribution in [0.1, 0.15) is 31.2 Å². The zero-order chi connectivity index (χ0) is 23.4. The van der Waals surface area contributed by atoms with Crippen molar-refractivity contribution in [2.24, 2.45) is 5.10 Å². The molecule has 0 radical (unpaired) electrons. The summed E-state index contributed by atoms with van der Waals surface area (Å²) in [7, 11) is 5.32. The number of hydrogen-bond acceptors (Lipinski definition) is 7. The van der Waals surface area contributed by atoms with Gasteiger partial charge < -0.3 is 19.3 Å². The third kappa shape index (κ3) is 5.47. The third-order valence-corrected chi connectivity index (χ3v) is 6.89. The van der Waals surface area contributed by atoms with Crippen LogP contribution >= 0.6 is 0 Å². The quantitative estimate of drug-likeness (QED) is 0.640. The largest absolute Gasteiger partial charge is 0.493 e. The van der Waals surface area contributed by atoms with Gasteiger partial charge in [-0.05, 0) is 38.1 Å². The Morgan fingerprint density at radius 2 is 1.70 bits per heavy atom. The van der Waals surface area contributed by atoms with E-state index in [0.29, 0.717) is 30.9 Å². The second-order valence-corrected chi connectivity index (χ2v) is 9.05. The maximum absolute atomic E-state index is 12.7. The summed E-state index contributed by atoms with van der Waals surface area (Å²) in [4.78, 5) is 31.8. The Morgan fingerprint density at radius 3 is 2.36 bits per heavy atom. The number of amides is 2. The molecule has 2 fully saturated rings. The smallest absolute Gasteiger partial charge is 0.243 e. The van der Waals surface area contributed by atoms with E-state index in [-0.39, 0.29) is 17.9 Å². The van der Waals surface area contributed by atoms with Crippen LogP contribution in [-0.2, 0) is 9.59 Å². The van der Waals surface area contributed by atoms with Crippen LogP contribution in [0.5, 0.6) is 11.5 Å². The van der Waals surface area contributed by atoms with Crippen molar-refractivity contribution in [2.45, 2.75) is 31.7 Å². The maximum Gasteiger partial charge on any atom is 0.243 e. The van der Waals surface area contributed by atoms with Gasteiger partial charge >= 0.3 is 0 Å². The van der Waals surface area contributed by atoms with Crippen LogP contribution in [0.3, 0.4) is 0 Å². The highest BCUT2D eigenvalue weighted by Gasteiger charge is 2.32. The number of hydrogen-bond donors (Lipinski definition) is 0. The summed E-state index contributed by atoms with van der Waals surface area (Å²) in [5, 5.41) is 6.45. The SMILES string of the molecule is COc1ccc(C2=NN(C3CCN(CC(=O)N4CCN(C)CC4)CC3)C(=O)CC2)cc1OC. The maximum atomic E-state index is 12.7. The van der Waals surface area contributed by atoms with Gasteiger partial charge in [-0.1, -0.05) is 0 Å². The van der Waals surface area contributed by atoms with Crippen molar-refractivity contribution in [3.05, 3.63) is 23.8 Å². The van der Waals surface area contributed by atoms with Crippen LogP contribution in [-0.4, -0.2) is 110 Å². The second kappa shape index (κ2) is 10.5. The van der Waals surface area contributed by atoms with E-state index in [9.17, 15) is 9.59 Å². The summed E-state index contributed by atoms with van der Waals surface area (Å²) in [5.41, 5.74) is 1.84. The first-order chi connectivity index (χ1) is 16.0. The zero-order valence-electron chi connectivity index (χ0n) is 20.0. The number of piperidine rings is 1. The highest BCUT2D eigenvalue weighted by Crippen LogP contribution is 2.30. The fourth-order valence-electron chi connectivity index (χ4n) is 4.75. The van der Waals surface area contributed by atoms with Crippen molar-refractivity contribution in [3.8, 4) is 11.5 Å². The number of benzene rings is 1. The number of carbonyl (C=O) groups is 2. The van der Waals surface area contributed by atoms with Crippen LogP contribution in [0.4, 0.5) is 0 Å². The molecule has 0 saturated carbocycles. The lowest BCUT2D eigenvalue weighted by molar-refractivity contribution is -0.137. The first-order valence-corrected chi connectivity index (χ1v) is 11.8. The second-order valence-electron chi connectivity index (χ2n) is 9.05. The number of nitrogens with zero attached hydrogens (tertiary/aromatic N) is 5. The number of rotatable bonds is 6. The number of piperazine rings is 1. The Bertz CT molecular complexity index is 889. The molecule has 9 nitrogen and oxygen atoms in total. The van der Waals surface area contributed by atoms with Gasteiger partial charge in [0.25, 0.3) is 0 Å². The summed E-state index contributed by atoms with van der Waals surface area (Å²) in [6, 6.07) is 5.81. The van der Waals surface area contributed by atoms with Gasteiger partial charge in [0, 0.05) is 57.7 Å². The van der Waals surface area contributed by atoms with Gasteiger partial charge in [0.15, 0.2) is 11.5 Å². The van der Waals surface area contributed by atoms with E-state index in [2.05, 4.69) is 16.8 Å². The first-order valence-electron chi connectivity index (χ1n) is 11.8. The molecule has 0 spiro atoms. The average Bonchev–Trinajstić information content (AvgIpc) is 2.85. The minimum absolute atomic E-state index is 0.0722. The lowest BCUT2D eigenvalue weighted by atomic mass is 10.0. The highest BCUT2D eigenvalue weighted by atomic mass is 16.5. The molecule has 0 atom stereocenters. The molecule has 0 aliphatic carbocycles. The molecular weight excluding hydrogens is 422 g/mol. The van der Waals surface area contributed by atoms with Gasteiger partial charge in [0.05, 0.1) is 32.5 Å². The summed E-state index contributed by atoms with van der Waals surface area (Å²) in [5.74, 6) is 1.61. The Balaban J connectivity index is 1.36. The predicted molar refractivity (Wildman–Crippen MR) is 126 cm³/mol. The van der Waals surface area contributed by atoms with Gasteiger partial charge in [-0.3, -0.25) is 14.5 Å². The summed E-state index contributed by atoms with van der Waals surface area (Å²) in [6.07, 6.45) is 2.72. The minimum Gasteiger partial charge on any atom is -0.493 e. The van der Waals surface area contributed by atoms with Gasteiger partial charge in [-0.2, -0.15) is 5.10 Å². The van der Waals surface area contributed by atoms with Gasteiger partial charge in [0.2, 0.25) is 11.8 Å². The molecule has 3 heterocycles. The Labute approximate surface area is 195 Å². The van der Waals surface area contributed by atoms with Crippen LogP contribution in [0.25, 0.3) is 0 Å². The molecule has 3 aliphatic heterocycles. The van der Waals surface area contributed by atoms with E-state index < -0.39 is 0 Å². The number of hydrazone groups is 1. The summed E-state index contributed by atoms with van der Waals surface area (Å²) >= 11 is 0. The monoisotopic (exact) mass is 457 g/mol. The number of likely N-dealkylation sites (tertiary alicyclic amines) is 1. The topological polar surface area (TPSA) is 77.9 Å². The predicted octanol–water partition coefficient (Wildman–Crippen LogP) is 1.27. The molecule has 0 aromatic heterocycles. The van der Waals surface area contributed by atoms with E-state index in [1.54, 1.807) is 19.2 Å². The highest BCUT2D eigenvalue weighted by molar-refractivity contribution is 6.04. The summed E-state index contributed by atoms with van der Waals surface area (Å²) < 4.78 is 10.8. The van der Waals surface area contributed by atoms with Crippen LogP contribution in [0.15, 0.2) is 23.3 Å². The molecule has 2 saturated heterocycles. The Hall–Kier alpha value is -2.65. The van der Waals surface area contributed by atoms with E-state index in [4.69, 9.17) is 14.6 Å². The van der Waals surface area contributed by atoms with Crippen molar-refractivity contribution >= 4 is 17.5 Å². The van der Waals surface area contributed by atoms with Gasteiger partial charge in [-0.25, -0.2) is 5.01 Å². The molecule has 1 aromatic carbocycles. The number of methoxy groups -OCH3 is 2. The molecular formula is C24H35N5O4. The van der Waals surface area contributed by atoms with Gasteiger partial charge in [0.1, 0.15) is 0 Å². The molecule has 1 aromatic rings. The van der Waals surface area contributed by atoms with E-state index >= 15 is 0 Å². The van der Waals surface area contributed by atoms with Crippen LogP contribution in [0, 0.1) is 0 Å².